The molecule has 0 radical (unpaired) electrons. The topological polar surface area (TPSA) is 87.3 Å². The molecule has 0 spiro atoms. The number of ketones is 1. The molecular formula is C34H67N3O3. The highest BCUT2D eigenvalue weighted by atomic mass is 16.2. The second-order valence-electron chi connectivity index (χ2n) is 13.5. The molecule has 0 aliphatic heterocycles. The fourth-order valence-electron chi connectivity index (χ4n) is 4.93. The number of carbonyl (C=O) groups is 3. The Morgan fingerprint density at radius 3 is 1.55 bits per heavy atom. The van der Waals surface area contributed by atoms with Gasteiger partial charge in [0.2, 0.25) is 11.8 Å². The average Bonchev–Trinajstić information content (AvgIpc) is 2.89. The molecule has 1 atom stereocenters. The van der Waals surface area contributed by atoms with Crippen LogP contribution in [-0.4, -0.2) is 42.3 Å². The molecule has 6 heteroatoms. The quantitative estimate of drug-likeness (QED) is 0.0927. The number of rotatable bonds is 26. The van der Waals surface area contributed by atoms with E-state index in [0.717, 1.165) is 38.5 Å². The lowest BCUT2D eigenvalue weighted by atomic mass is 9.80. The van der Waals surface area contributed by atoms with E-state index in [1.54, 1.807) is 0 Å². The van der Waals surface area contributed by atoms with E-state index in [9.17, 15) is 14.4 Å². The maximum atomic E-state index is 13.0. The highest BCUT2D eigenvalue weighted by Crippen LogP contribution is 2.25. The van der Waals surface area contributed by atoms with Crippen molar-refractivity contribution in [1.29, 1.82) is 0 Å². The Hall–Kier alpha value is -1.43. The van der Waals surface area contributed by atoms with Crippen molar-refractivity contribution >= 4 is 17.6 Å². The summed E-state index contributed by atoms with van der Waals surface area (Å²) in [5.41, 5.74) is -0.469. The largest absolute Gasteiger partial charge is 0.356 e. The SMILES string of the molecule is CCCCCCCCCCCCCCCC(=O)NCCC(=O)NCCCCC(NC(C)(C)C)C(=O)C(C)(C)CC. The Labute approximate surface area is 248 Å². The van der Waals surface area contributed by atoms with Gasteiger partial charge in [-0.05, 0) is 52.9 Å². The molecule has 236 valence electrons. The molecule has 40 heavy (non-hydrogen) atoms. The van der Waals surface area contributed by atoms with E-state index < -0.39 is 0 Å². The summed E-state index contributed by atoms with van der Waals surface area (Å²) in [5, 5.41) is 9.33. The summed E-state index contributed by atoms with van der Waals surface area (Å²) >= 11 is 0. The number of Topliss-reactive ketones (excluding diaryl/α,β-unsaturated/α-hetero) is 1. The standard InChI is InChI=1S/C34H67N3O3/c1-8-10-11-12-13-14-15-16-17-18-19-20-21-25-30(38)36-28-26-31(39)35-27-23-22-24-29(37-33(3,4)5)32(40)34(6,7)9-2/h29,37H,8-28H2,1-7H3,(H,35,39)(H,36,38). The molecule has 0 aromatic carbocycles. The third-order valence-corrected chi connectivity index (χ3v) is 7.90. The molecule has 2 amide bonds. The monoisotopic (exact) mass is 566 g/mol. The molecule has 6 nitrogen and oxygen atoms in total. The summed E-state index contributed by atoms with van der Waals surface area (Å²) in [4.78, 5) is 37.2. The van der Waals surface area contributed by atoms with E-state index in [2.05, 4.69) is 50.6 Å². The first kappa shape index (κ1) is 38.6. The zero-order valence-electron chi connectivity index (χ0n) is 27.7. The molecule has 0 heterocycles. The Morgan fingerprint density at radius 2 is 1.05 bits per heavy atom. The summed E-state index contributed by atoms with van der Waals surface area (Å²) in [6.45, 7) is 15.6. The predicted molar refractivity (Wildman–Crippen MR) is 171 cm³/mol. The van der Waals surface area contributed by atoms with Gasteiger partial charge in [0.05, 0.1) is 6.04 Å². The number of hydrogen-bond acceptors (Lipinski definition) is 4. The van der Waals surface area contributed by atoms with E-state index in [-0.39, 0.29) is 34.6 Å². The molecule has 1 unspecified atom stereocenters. The first-order valence-electron chi connectivity index (χ1n) is 16.8. The van der Waals surface area contributed by atoms with Crippen LogP contribution in [0.15, 0.2) is 0 Å². The maximum Gasteiger partial charge on any atom is 0.221 e. The Morgan fingerprint density at radius 1 is 0.575 bits per heavy atom. The van der Waals surface area contributed by atoms with Gasteiger partial charge < -0.3 is 16.0 Å². The smallest absolute Gasteiger partial charge is 0.221 e. The van der Waals surface area contributed by atoms with Gasteiger partial charge in [0.1, 0.15) is 0 Å². The minimum absolute atomic E-state index is 0.0335. The summed E-state index contributed by atoms with van der Waals surface area (Å²) in [7, 11) is 0. The van der Waals surface area contributed by atoms with Gasteiger partial charge in [0, 0.05) is 36.9 Å². The molecule has 0 aromatic rings. The van der Waals surface area contributed by atoms with Crippen molar-refractivity contribution in [3.05, 3.63) is 0 Å². The van der Waals surface area contributed by atoms with Crippen LogP contribution in [0.1, 0.15) is 170 Å². The van der Waals surface area contributed by atoms with Gasteiger partial charge in [-0.25, -0.2) is 0 Å². The lowest BCUT2D eigenvalue weighted by Crippen LogP contribution is -2.51. The van der Waals surface area contributed by atoms with Crippen molar-refractivity contribution in [3.63, 3.8) is 0 Å². The highest BCUT2D eigenvalue weighted by Gasteiger charge is 2.33. The molecule has 3 N–H and O–H groups in total. The Balaban J connectivity index is 3.80. The van der Waals surface area contributed by atoms with Crippen LogP contribution in [0.3, 0.4) is 0 Å². The first-order chi connectivity index (χ1) is 18.9. The van der Waals surface area contributed by atoms with E-state index in [1.165, 1.54) is 70.6 Å². The first-order valence-corrected chi connectivity index (χ1v) is 16.8. The molecule has 0 rings (SSSR count). The van der Waals surface area contributed by atoms with Crippen molar-refractivity contribution in [2.75, 3.05) is 13.1 Å². The van der Waals surface area contributed by atoms with Crippen LogP contribution in [0.2, 0.25) is 0 Å². The highest BCUT2D eigenvalue weighted by molar-refractivity contribution is 5.89. The minimum Gasteiger partial charge on any atom is -0.356 e. The zero-order valence-corrected chi connectivity index (χ0v) is 27.7. The lowest BCUT2D eigenvalue weighted by Gasteiger charge is -2.33. The van der Waals surface area contributed by atoms with Crippen LogP contribution in [0.5, 0.6) is 0 Å². The van der Waals surface area contributed by atoms with Crippen LogP contribution in [-0.2, 0) is 14.4 Å². The van der Waals surface area contributed by atoms with Gasteiger partial charge in [-0.1, -0.05) is 105 Å². The summed E-state index contributed by atoms with van der Waals surface area (Å²) in [6.07, 6.45) is 21.0. The van der Waals surface area contributed by atoms with Gasteiger partial charge in [-0.2, -0.15) is 0 Å². The number of hydrogen-bond donors (Lipinski definition) is 3. The van der Waals surface area contributed by atoms with Crippen molar-refractivity contribution < 1.29 is 14.4 Å². The second kappa shape index (κ2) is 23.2. The normalized spacial score (nSPS) is 12.8. The molecule has 0 fully saturated rings. The fourth-order valence-corrected chi connectivity index (χ4v) is 4.93. The Kier molecular flexibility index (Phi) is 22.3. The molecule has 0 aliphatic rings. The molecule has 0 aromatic heterocycles. The van der Waals surface area contributed by atoms with E-state index in [4.69, 9.17) is 0 Å². The van der Waals surface area contributed by atoms with Gasteiger partial charge >= 0.3 is 0 Å². The number of nitrogens with one attached hydrogen (secondary N) is 3. The average molecular weight is 566 g/mol. The number of amides is 2. The maximum absolute atomic E-state index is 13.0. The van der Waals surface area contributed by atoms with Crippen molar-refractivity contribution in [1.82, 2.24) is 16.0 Å². The minimum atomic E-state index is -0.339. The van der Waals surface area contributed by atoms with Crippen molar-refractivity contribution in [2.24, 2.45) is 5.41 Å². The number of carbonyl (C=O) groups excluding carboxylic acids is 3. The molecule has 0 bridgehead atoms. The van der Waals surface area contributed by atoms with Crippen LogP contribution in [0, 0.1) is 5.41 Å². The lowest BCUT2D eigenvalue weighted by molar-refractivity contribution is -0.130. The van der Waals surface area contributed by atoms with Crippen LogP contribution >= 0.6 is 0 Å². The van der Waals surface area contributed by atoms with Gasteiger partial charge in [0.25, 0.3) is 0 Å². The van der Waals surface area contributed by atoms with Gasteiger partial charge in [-0.3, -0.25) is 14.4 Å². The summed E-state index contributed by atoms with van der Waals surface area (Å²) in [5.74, 6) is 0.283. The molecule has 0 aliphatic carbocycles. The molecule has 0 saturated heterocycles. The zero-order chi connectivity index (χ0) is 30.3. The summed E-state index contributed by atoms with van der Waals surface area (Å²) < 4.78 is 0. The van der Waals surface area contributed by atoms with E-state index in [1.807, 2.05) is 13.8 Å². The van der Waals surface area contributed by atoms with E-state index in [0.29, 0.717) is 25.9 Å². The van der Waals surface area contributed by atoms with Crippen molar-refractivity contribution in [3.8, 4) is 0 Å². The third-order valence-electron chi connectivity index (χ3n) is 7.90. The van der Waals surface area contributed by atoms with E-state index >= 15 is 0 Å². The van der Waals surface area contributed by atoms with Crippen molar-refractivity contribution in [2.45, 2.75) is 182 Å². The van der Waals surface area contributed by atoms with Gasteiger partial charge in [-0.15, -0.1) is 0 Å². The second-order valence-corrected chi connectivity index (χ2v) is 13.5. The summed E-state index contributed by atoms with van der Waals surface area (Å²) in [6, 6.07) is -0.171. The van der Waals surface area contributed by atoms with Gasteiger partial charge in [0.15, 0.2) is 5.78 Å². The van der Waals surface area contributed by atoms with Crippen LogP contribution < -0.4 is 16.0 Å². The number of unbranched alkanes of at least 4 members (excludes halogenated alkanes) is 13. The Bertz CT molecular complexity index is 670. The van der Waals surface area contributed by atoms with Crippen LogP contribution in [0.4, 0.5) is 0 Å². The molecule has 0 saturated carbocycles. The fraction of sp³-hybridized carbons (Fsp3) is 0.912. The third kappa shape index (κ3) is 22.3. The predicted octanol–water partition coefficient (Wildman–Crippen LogP) is 8.02. The van der Waals surface area contributed by atoms with Crippen LogP contribution in [0.25, 0.3) is 0 Å². The molecular weight excluding hydrogens is 498 g/mol.